The van der Waals surface area contributed by atoms with Crippen LogP contribution < -0.4 is 0 Å². The summed E-state index contributed by atoms with van der Waals surface area (Å²) in [6.07, 6.45) is 12.3. The monoisotopic (exact) mass is 316 g/mol. The number of ketones is 1. The molecule has 0 spiro atoms. The maximum absolute atomic E-state index is 11.9. The maximum atomic E-state index is 11.9. The lowest BCUT2D eigenvalue weighted by Crippen LogP contribution is -2.53. The second kappa shape index (κ2) is 5.18. The van der Waals surface area contributed by atoms with Crippen LogP contribution in [0, 0.1) is 40.4 Å². The lowest BCUT2D eigenvalue weighted by molar-refractivity contribution is -0.123. The smallest absolute Gasteiger partial charge is 0.155 e. The molecule has 0 aliphatic heterocycles. The van der Waals surface area contributed by atoms with Gasteiger partial charge in [0.15, 0.2) is 5.78 Å². The SMILES string of the molecule is CC(O)[C@H]1CC[C@H]2[C@@H]3CC[C@H]4CC(=O)C=C[C@]4(C)[C@H]3CC[C@]12C. The normalized spacial score (nSPS) is 53.4. The molecule has 0 aromatic carbocycles. The van der Waals surface area contributed by atoms with Crippen LogP contribution >= 0.6 is 0 Å². The van der Waals surface area contributed by atoms with Gasteiger partial charge >= 0.3 is 0 Å². The molecule has 0 aromatic heterocycles. The Kier molecular flexibility index (Phi) is 3.58. The van der Waals surface area contributed by atoms with Gasteiger partial charge in [0.2, 0.25) is 0 Å². The van der Waals surface area contributed by atoms with E-state index in [9.17, 15) is 9.90 Å². The molecule has 4 aliphatic carbocycles. The van der Waals surface area contributed by atoms with Crippen LogP contribution in [0.15, 0.2) is 12.2 Å². The van der Waals surface area contributed by atoms with Crippen molar-refractivity contribution < 1.29 is 9.90 Å². The third kappa shape index (κ3) is 2.13. The Morgan fingerprint density at radius 2 is 1.91 bits per heavy atom. The van der Waals surface area contributed by atoms with Crippen LogP contribution in [0.4, 0.5) is 0 Å². The van der Waals surface area contributed by atoms with Gasteiger partial charge in [-0.1, -0.05) is 19.9 Å². The van der Waals surface area contributed by atoms with Crippen molar-refractivity contribution in [1.29, 1.82) is 0 Å². The molecule has 3 fully saturated rings. The van der Waals surface area contributed by atoms with Crippen LogP contribution in [0.5, 0.6) is 0 Å². The van der Waals surface area contributed by atoms with Gasteiger partial charge in [0.05, 0.1) is 6.10 Å². The topological polar surface area (TPSA) is 37.3 Å². The number of hydrogen-bond acceptors (Lipinski definition) is 2. The van der Waals surface area contributed by atoms with Gasteiger partial charge in [0, 0.05) is 6.42 Å². The lowest BCUT2D eigenvalue weighted by atomic mass is 9.46. The predicted molar refractivity (Wildman–Crippen MR) is 91.8 cm³/mol. The maximum Gasteiger partial charge on any atom is 0.155 e. The summed E-state index contributed by atoms with van der Waals surface area (Å²) >= 11 is 0. The lowest BCUT2D eigenvalue weighted by Gasteiger charge is -2.59. The van der Waals surface area contributed by atoms with Crippen LogP contribution in [-0.2, 0) is 4.79 Å². The highest BCUT2D eigenvalue weighted by atomic mass is 16.3. The van der Waals surface area contributed by atoms with Crippen molar-refractivity contribution in [2.45, 2.75) is 71.8 Å². The molecule has 3 saturated carbocycles. The Balaban J connectivity index is 1.65. The Morgan fingerprint density at radius 1 is 1.13 bits per heavy atom. The Hall–Kier alpha value is -0.630. The average molecular weight is 316 g/mol. The number of rotatable bonds is 1. The number of aliphatic hydroxyl groups excluding tert-OH is 1. The average Bonchev–Trinajstić information content (AvgIpc) is 2.85. The van der Waals surface area contributed by atoms with Gasteiger partial charge in [-0.3, -0.25) is 4.79 Å². The molecule has 4 aliphatic rings. The predicted octanol–water partition coefficient (Wildman–Crippen LogP) is 4.37. The van der Waals surface area contributed by atoms with E-state index >= 15 is 0 Å². The summed E-state index contributed by atoms with van der Waals surface area (Å²) in [5.74, 6) is 3.72. The highest BCUT2D eigenvalue weighted by molar-refractivity contribution is 5.91. The van der Waals surface area contributed by atoms with Crippen molar-refractivity contribution in [3.8, 4) is 0 Å². The zero-order valence-electron chi connectivity index (χ0n) is 14.9. The molecule has 1 N–H and O–H groups in total. The van der Waals surface area contributed by atoms with Gasteiger partial charge in [-0.2, -0.15) is 0 Å². The minimum Gasteiger partial charge on any atom is -0.393 e. The van der Waals surface area contributed by atoms with Gasteiger partial charge in [-0.25, -0.2) is 0 Å². The first-order chi connectivity index (χ1) is 10.9. The van der Waals surface area contributed by atoms with Crippen molar-refractivity contribution in [3.63, 3.8) is 0 Å². The first-order valence-electron chi connectivity index (χ1n) is 9.76. The fourth-order valence-electron chi connectivity index (χ4n) is 7.47. The van der Waals surface area contributed by atoms with E-state index in [2.05, 4.69) is 19.9 Å². The van der Waals surface area contributed by atoms with Crippen molar-refractivity contribution >= 4 is 5.78 Å². The summed E-state index contributed by atoms with van der Waals surface area (Å²) in [7, 11) is 0. The highest BCUT2D eigenvalue weighted by Gasteiger charge is 2.59. The third-order valence-corrected chi connectivity index (χ3v) is 8.70. The van der Waals surface area contributed by atoms with E-state index in [-0.39, 0.29) is 11.5 Å². The van der Waals surface area contributed by atoms with Crippen molar-refractivity contribution in [2.24, 2.45) is 40.4 Å². The highest BCUT2D eigenvalue weighted by Crippen LogP contribution is 2.66. The zero-order valence-corrected chi connectivity index (χ0v) is 14.9. The Bertz CT molecular complexity index is 536. The van der Waals surface area contributed by atoms with Gasteiger partial charge in [0.25, 0.3) is 0 Å². The fourth-order valence-corrected chi connectivity index (χ4v) is 7.47. The molecule has 0 bridgehead atoms. The van der Waals surface area contributed by atoms with Crippen LogP contribution in [0.25, 0.3) is 0 Å². The fraction of sp³-hybridized carbons (Fsp3) is 0.857. The van der Waals surface area contributed by atoms with E-state index in [4.69, 9.17) is 0 Å². The summed E-state index contributed by atoms with van der Waals surface area (Å²) in [5.41, 5.74) is 0.577. The summed E-state index contributed by atoms with van der Waals surface area (Å²) in [5, 5.41) is 10.3. The molecule has 2 nitrogen and oxygen atoms in total. The second-order valence-corrected chi connectivity index (χ2v) is 9.49. The minimum atomic E-state index is -0.166. The van der Waals surface area contributed by atoms with Crippen LogP contribution in [-0.4, -0.2) is 17.0 Å². The molecule has 2 heteroatoms. The molecule has 1 unspecified atom stereocenters. The molecule has 0 aromatic rings. The third-order valence-electron chi connectivity index (χ3n) is 8.70. The molecule has 0 radical (unpaired) electrons. The van der Waals surface area contributed by atoms with E-state index in [0.717, 1.165) is 24.2 Å². The Morgan fingerprint density at radius 3 is 2.65 bits per heavy atom. The van der Waals surface area contributed by atoms with Gasteiger partial charge in [0.1, 0.15) is 0 Å². The summed E-state index contributed by atoms with van der Waals surface area (Å²) in [4.78, 5) is 11.9. The van der Waals surface area contributed by atoms with Crippen molar-refractivity contribution in [1.82, 2.24) is 0 Å². The van der Waals surface area contributed by atoms with Gasteiger partial charge < -0.3 is 5.11 Å². The van der Waals surface area contributed by atoms with Crippen LogP contribution in [0.2, 0.25) is 0 Å². The Labute approximate surface area is 140 Å². The van der Waals surface area contributed by atoms with E-state index in [1.54, 1.807) is 0 Å². The minimum absolute atomic E-state index is 0.166. The van der Waals surface area contributed by atoms with Gasteiger partial charge in [-0.15, -0.1) is 0 Å². The quantitative estimate of drug-likeness (QED) is 0.780. The van der Waals surface area contributed by atoms with E-state index < -0.39 is 0 Å². The van der Waals surface area contributed by atoms with Crippen molar-refractivity contribution in [3.05, 3.63) is 12.2 Å². The zero-order chi connectivity index (χ0) is 16.4. The van der Waals surface area contributed by atoms with E-state index in [0.29, 0.717) is 23.0 Å². The van der Waals surface area contributed by atoms with Gasteiger partial charge in [-0.05, 0) is 91.9 Å². The molecule has 23 heavy (non-hydrogen) atoms. The molecule has 128 valence electrons. The largest absolute Gasteiger partial charge is 0.393 e. The number of carbonyl (C=O) groups is 1. The number of carbonyl (C=O) groups excluding carboxylic acids is 1. The van der Waals surface area contributed by atoms with Crippen LogP contribution in [0.3, 0.4) is 0 Å². The van der Waals surface area contributed by atoms with Crippen LogP contribution in [0.1, 0.15) is 65.7 Å². The molecule has 0 saturated heterocycles. The summed E-state index contributed by atoms with van der Waals surface area (Å²) in [6, 6.07) is 0. The number of allylic oxidation sites excluding steroid dienone is 2. The first kappa shape index (κ1) is 15.9. The molecule has 0 amide bonds. The molecule has 0 heterocycles. The summed E-state index contributed by atoms with van der Waals surface area (Å²) < 4.78 is 0. The number of hydrogen-bond donors (Lipinski definition) is 1. The summed E-state index contributed by atoms with van der Waals surface area (Å²) in [6.45, 7) is 6.90. The molecular weight excluding hydrogens is 284 g/mol. The first-order valence-corrected chi connectivity index (χ1v) is 9.76. The second-order valence-electron chi connectivity index (χ2n) is 9.49. The molecule has 4 rings (SSSR count). The number of fused-ring (bicyclic) bond motifs is 5. The van der Waals surface area contributed by atoms with E-state index in [1.807, 2.05) is 13.0 Å². The van der Waals surface area contributed by atoms with Crippen molar-refractivity contribution in [2.75, 3.05) is 0 Å². The number of aliphatic hydroxyl groups is 1. The molecule has 8 atom stereocenters. The van der Waals surface area contributed by atoms with E-state index in [1.165, 1.54) is 38.5 Å². The standard InChI is InChI=1S/C21H32O2/c1-13(22)17-6-7-18-16-5-4-14-12-15(23)8-10-20(14,2)19(16)9-11-21(17,18)3/h8,10,13-14,16-19,22H,4-7,9,11-12H2,1-3H3/t13?,14-,16-,17+,18-,19-,20-,21+/m0/s1. The molecular formula is C21H32O2.